The maximum absolute atomic E-state index is 11.0. The van der Waals surface area contributed by atoms with E-state index in [2.05, 4.69) is 5.32 Å². The lowest BCUT2D eigenvalue weighted by Crippen LogP contribution is -2.42. The maximum atomic E-state index is 11.0. The van der Waals surface area contributed by atoms with Crippen LogP contribution in [0.15, 0.2) is 11.5 Å². The Morgan fingerprint density at radius 2 is 2.29 bits per heavy atom. The molecule has 2 N–H and O–H groups in total. The summed E-state index contributed by atoms with van der Waals surface area (Å²) in [5.41, 5.74) is -0.764. The van der Waals surface area contributed by atoms with Gasteiger partial charge in [0.15, 0.2) is 9.84 Å². The van der Waals surface area contributed by atoms with Gasteiger partial charge in [0.1, 0.15) is 0 Å². The largest absolute Gasteiger partial charge is 0.389 e. The molecule has 0 radical (unpaired) electrons. The molecule has 14 heavy (non-hydrogen) atoms. The van der Waals surface area contributed by atoms with Crippen LogP contribution in [0.5, 0.6) is 0 Å². The van der Waals surface area contributed by atoms with E-state index in [0.717, 1.165) is 0 Å². The van der Waals surface area contributed by atoms with E-state index in [-0.39, 0.29) is 11.8 Å². The van der Waals surface area contributed by atoms with Crippen molar-refractivity contribution in [3.05, 3.63) is 11.5 Å². The van der Waals surface area contributed by atoms with E-state index in [9.17, 15) is 13.5 Å². The van der Waals surface area contributed by atoms with Crippen molar-refractivity contribution in [2.45, 2.75) is 31.9 Å². The highest BCUT2D eigenvalue weighted by molar-refractivity contribution is 7.94. The molecule has 0 aromatic heterocycles. The van der Waals surface area contributed by atoms with Gasteiger partial charge in [-0.05, 0) is 13.3 Å². The Bertz CT molecular complexity index is 319. The lowest BCUT2D eigenvalue weighted by Gasteiger charge is -2.23. The molecule has 2 unspecified atom stereocenters. The molecule has 0 spiro atoms. The number of nitrogens with one attached hydrogen (secondary N) is 1. The minimum atomic E-state index is -2.99. The molecule has 82 valence electrons. The SMILES string of the molecule is CCC(C)(O)CNC1C=CS(=O)(=O)C1. The molecule has 0 saturated carbocycles. The van der Waals surface area contributed by atoms with Gasteiger partial charge in [0, 0.05) is 18.0 Å². The second kappa shape index (κ2) is 4.00. The van der Waals surface area contributed by atoms with E-state index in [0.29, 0.717) is 13.0 Å². The molecular weight excluding hydrogens is 202 g/mol. The molecule has 1 heterocycles. The summed E-state index contributed by atoms with van der Waals surface area (Å²) in [6, 6.07) is -0.155. The molecule has 0 aromatic rings. The highest BCUT2D eigenvalue weighted by atomic mass is 32.2. The number of sulfone groups is 1. The molecule has 5 heteroatoms. The van der Waals surface area contributed by atoms with Crippen LogP contribution in [0.25, 0.3) is 0 Å². The molecule has 0 amide bonds. The highest BCUT2D eigenvalue weighted by Crippen LogP contribution is 2.11. The van der Waals surface area contributed by atoms with Crippen LogP contribution in [-0.2, 0) is 9.84 Å². The molecule has 2 atom stereocenters. The molecule has 1 aliphatic heterocycles. The summed E-state index contributed by atoms with van der Waals surface area (Å²) < 4.78 is 22.1. The van der Waals surface area contributed by atoms with Gasteiger partial charge in [0.25, 0.3) is 0 Å². The smallest absolute Gasteiger partial charge is 0.173 e. The molecule has 4 nitrogen and oxygen atoms in total. The van der Waals surface area contributed by atoms with Crippen molar-refractivity contribution in [1.29, 1.82) is 0 Å². The molecule has 1 rings (SSSR count). The summed E-state index contributed by atoms with van der Waals surface area (Å²) >= 11 is 0. The maximum Gasteiger partial charge on any atom is 0.173 e. The van der Waals surface area contributed by atoms with E-state index >= 15 is 0 Å². The van der Waals surface area contributed by atoms with Crippen LogP contribution >= 0.6 is 0 Å². The first kappa shape index (κ1) is 11.7. The molecule has 1 aliphatic rings. The Labute approximate surface area is 84.9 Å². The van der Waals surface area contributed by atoms with Gasteiger partial charge in [0.05, 0.1) is 11.4 Å². The minimum absolute atomic E-state index is 0.104. The van der Waals surface area contributed by atoms with E-state index < -0.39 is 15.4 Å². The van der Waals surface area contributed by atoms with E-state index in [1.807, 2.05) is 6.92 Å². The summed E-state index contributed by atoms with van der Waals surface area (Å²) in [5.74, 6) is 0.104. The predicted molar refractivity (Wildman–Crippen MR) is 55.6 cm³/mol. The fourth-order valence-electron chi connectivity index (χ4n) is 1.18. The van der Waals surface area contributed by atoms with Gasteiger partial charge in [-0.25, -0.2) is 8.42 Å². The summed E-state index contributed by atoms with van der Waals surface area (Å²) in [6.45, 7) is 4.03. The topological polar surface area (TPSA) is 66.4 Å². The first-order valence-corrected chi connectivity index (χ1v) is 6.43. The second-order valence-corrected chi connectivity index (χ2v) is 5.93. The van der Waals surface area contributed by atoms with E-state index in [1.165, 1.54) is 5.41 Å². The van der Waals surface area contributed by atoms with Crippen molar-refractivity contribution in [3.63, 3.8) is 0 Å². The predicted octanol–water partition coefficient (Wildman–Crippen LogP) is 0.0477. The summed E-state index contributed by atoms with van der Waals surface area (Å²) in [6.07, 6.45) is 2.27. The third kappa shape index (κ3) is 3.40. The van der Waals surface area contributed by atoms with Crippen molar-refractivity contribution in [1.82, 2.24) is 5.32 Å². The number of rotatable bonds is 4. The zero-order chi connectivity index (χ0) is 10.8. The van der Waals surface area contributed by atoms with Gasteiger partial charge in [-0.1, -0.05) is 13.0 Å². The molecule has 0 aromatic carbocycles. The lowest BCUT2D eigenvalue weighted by molar-refractivity contribution is 0.0548. The number of hydrogen-bond acceptors (Lipinski definition) is 4. The molecule has 0 saturated heterocycles. The molecule has 0 fully saturated rings. The van der Waals surface area contributed by atoms with Crippen LogP contribution in [0.1, 0.15) is 20.3 Å². The van der Waals surface area contributed by atoms with Crippen molar-refractivity contribution < 1.29 is 13.5 Å². The minimum Gasteiger partial charge on any atom is -0.389 e. The molecule has 0 bridgehead atoms. The fourth-order valence-corrected chi connectivity index (χ4v) is 2.45. The molecule has 0 aliphatic carbocycles. The first-order chi connectivity index (χ1) is 6.35. The van der Waals surface area contributed by atoms with Gasteiger partial charge in [0.2, 0.25) is 0 Å². The van der Waals surface area contributed by atoms with Crippen LogP contribution in [0.4, 0.5) is 0 Å². The van der Waals surface area contributed by atoms with Crippen LogP contribution in [0.3, 0.4) is 0 Å². The second-order valence-electron chi connectivity index (χ2n) is 4.00. The van der Waals surface area contributed by atoms with Crippen molar-refractivity contribution >= 4 is 9.84 Å². The van der Waals surface area contributed by atoms with Gasteiger partial charge >= 0.3 is 0 Å². The van der Waals surface area contributed by atoms with Crippen LogP contribution in [-0.4, -0.2) is 37.5 Å². The monoisotopic (exact) mass is 219 g/mol. The number of aliphatic hydroxyl groups is 1. The Morgan fingerprint density at radius 3 is 2.71 bits per heavy atom. The third-order valence-electron chi connectivity index (χ3n) is 2.44. The summed E-state index contributed by atoms with van der Waals surface area (Å²) in [4.78, 5) is 0. The quantitative estimate of drug-likeness (QED) is 0.701. The lowest BCUT2D eigenvalue weighted by atomic mass is 10.0. The van der Waals surface area contributed by atoms with Crippen molar-refractivity contribution in [2.24, 2.45) is 0 Å². The van der Waals surface area contributed by atoms with E-state index in [4.69, 9.17) is 0 Å². The third-order valence-corrected chi connectivity index (χ3v) is 3.83. The number of hydrogen-bond donors (Lipinski definition) is 2. The van der Waals surface area contributed by atoms with Gasteiger partial charge < -0.3 is 10.4 Å². The zero-order valence-corrected chi connectivity index (χ0v) is 9.34. The van der Waals surface area contributed by atoms with Gasteiger partial charge in [-0.15, -0.1) is 0 Å². The zero-order valence-electron chi connectivity index (χ0n) is 8.53. The fraction of sp³-hybridized carbons (Fsp3) is 0.778. The Morgan fingerprint density at radius 1 is 1.64 bits per heavy atom. The Balaban J connectivity index is 2.39. The van der Waals surface area contributed by atoms with Crippen molar-refractivity contribution in [2.75, 3.05) is 12.3 Å². The summed E-state index contributed by atoms with van der Waals surface area (Å²) in [7, 11) is -2.99. The molecular formula is C9H17NO3S. The average molecular weight is 219 g/mol. The van der Waals surface area contributed by atoms with Crippen LogP contribution in [0, 0.1) is 0 Å². The van der Waals surface area contributed by atoms with E-state index in [1.54, 1.807) is 13.0 Å². The van der Waals surface area contributed by atoms with Crippen LogP contribution in [0.2, 0.25) is 0 Å². The Hall–Kier alpha value is -0.390. The average Bonchev–Trinajstić information content (AvgIpc) is 2.43. The van der Waals surface area contributed by atoms with Crippen molar-refractivity contribution in [3.8, 4) is 0 Å². The van der Waals surface area contributed by atoms with Crippen LogP contribution < -0.4 is 5.32 Å². The Kier molecular flexibility index (Phi) is 3.34. The summed E-state index contributed by atoms with van der Waals surface area (Å²) in [5, 5.41) is 13.9. The highest BCUT2D eigenvalue weighted by Gasteiger charge is 2.24. The normalized spacial score (nSPS) is 28.9. The standard InChI is InChI=1S/C9H17NO3S/c1-3-9(2,11)7-10-8-4-5-14(12,13)6-8/h4-5,8,10-11H,3,6-7H2,1-2H3. The van der Waals surface area contributed by atoms with Gasteiger partial charge in [-0.2, -0.15) is 0 Å². The van der Waals surface area contributed by atoms with Gasteiger partial charge in [-0.3, -0.25) is 0 Å². The first-order valence-electron chi connectivity index (χ1n) is 4.71.